The molecule has 3 aromatic carbocycles. The van der Waals surface area contributed by atoms with E-state index in [1.54, 1.807) is 0 Å². The van der Waals surface area contributed by atoms with Crippen molar-refractivity contribution in [3.63, 3.8) is 0 Å². The summed E-state index contributed by atoms with van der Waals surface area (Å²) in [6.45, 7) is 2.32. The minimum absolute atomic E-state index is 0.588. The summed E-state index contributed by atoms with van der Waals surface area (Å²) in [5, 5.41) is 0. The van der Waals surface area contributed by atoms with Crippen LogP contribution in [0.25, 0.3) is 11.1 Å². The van der Waals surface area contributed by atoms with Crippen LogP contribution in [0.1, 0.15) is 30.4 Å². The Balaban J connectivity index is 1.76. The van der Waals surface area contributed by atoms with Crippen LogP contribution in [0.15, 0.2) is 84.9 Å². The molecule has 1 unspecified atom stereocenters. The number of benzene rings is 3. The highest BCUT2D eigenvalue weighted by Crippen LogP contribution is 2.27. The first-order valence-electron chi connectivity index (χ1n) is 8.03. The van der Waals surface area contributed by atoms with Crippen molar-refractivity contribution in [2.75, 3.05) is 0 Å². The number of hydrogen-bond acceptors (Lipinski definition) is 0. The maximum atomic E-state index is 2.32. The van der Waals surface area contributed by atoms with Crippen molar-refractivity contribution in [2.45, 2.75) is 25.7 Å². The van der Waals surface area contributed by atoms with Gasteiger partial charge in [0, 0.05) is 0 Å². The lowest BCUT2D eigenvalue weighted by atomic mass is 9.91. The van der Waals surface area contributed by atoms with Gasteiger partial charge in [-0.3, -0.25) is 0 Å². The molecule has 0 radical (unpaired) electrons. The Morgan fingerprint density at radius 2 is 1.27 bits per heavy atom. The summed E-state index contributed by atoms with van der Waals surface area (Å²) in [6.07, 6.45) is 2.29. The lowest BCUT2D eigenvalue weighted by Gasteiger charge is -2.14. The van der Waals surface area contributed by atoms with Gasteiger partial charge in [0.05, 0.1) is 0 Å². The Bertz CT molecular complexity index is 698. The fourth-order valence-corrected chi connectivity index (χ4v) is 2.96. The van der Waals surface area contributed by atoms with Crippen LogP contribution < -0.4 is 0 Å². The molecule has 3 aromatic rings. The summed E-state index contributed by atoms with van der Waals surface area (Å²) in [6, 6.07) is 30.3. The fraction of sp³-hybridized carbons (Fsp3) is 0.182. The topological polar surface area (TPSA) is 0 Å². The van der Waals surface area contributed by atoms with Crippen molar-refractivity contribution in [1.82, 2.24) is 0 Å². The van der Waals surface area contributed by atoms with Crippen molar-refractivity contribution in [3.05, 3.63) is 96.1 Å². The summed E-state index contributed by atoms with van der Waals surface area (Å²) >= 11 is 0. The molecule has 0 saturated carbocycles. The van der Waals surface area contributed by atoms with Crippen LogP contribution >= 0.6 is 0 Å². The van der Waals surface area contributed by atoms with Crippen LogP contribution in [0.5, 0.6) is 0 Å². The van der Waals surface area contributed by atoms with E-state index in [0.29, 0.717) is 5.92 Å². The molecule has 0 fully saturated rings. The third-order valence-corrected chi connectivity index (χ3v) is 4.32. The highest BCUT2D eigenvalue weighted by molar-refractivity contribution is 5.67. The maximum Gasteiger partial charge on any atom is -0.0152 e. The van der Waals surface area contributed by atoms with Gasteiger partial charge in [-0.25, -0.2) is 0 Å². The van der Waals surface area contributed by atoms with Gasteiger partial charge in [0.1, 0.15) is 0 Å². The normalized spacial score (nSPS) is 12.0. The van der Waals surface area contributed by atoms with E-state index in [9.17, 15) is 0 Å². The molecule has 0 spiro atoms. The Hall–Kier alpha value is -2.34. The van der Waals surface area contributed by atoms with Crippen molar-refractivity contribution in [3.8, 4) is 11.1 Å². The number of hydrogen-bond donors (Lipinski definition) is 0. The van der Waals surface area contributed by atoms with Crippen molar-refractivity contribution >= 4 is 0 Å². The van der Waals surface area contributed by atoms with E-state index in [0.717, 1.165) is 6.42 Å². The molecule has 0 aliphatic carbocycles. The molecular formula is C22H22. The Kier molecular flexibility index (Phi) is 4.70. The Labute approximate surface area is 133 Å². The van der Waals surface area contributed by atoms with Gasteiger partial charge in [-0.05, 0) is 41.0 Å². The summed E-state index contributed by atoms with van der Waals surface area (Å²) in [7, 11) is 0. The molecule has 1 atom stereocenters. The monoisotopic (exact) mass is 286 g/mol. The predicted molar refractivity (Wildman–Crippen MR) is 95.1 cm³/mol. The van der Waals surface area contributed by atoms with Crippen molar-refractivity contribution in [1.29, 1.82) is 0 Å². The van der Waals surface area contributed by atoms with Gasteiger partial charge >= 0.3 is 0 Å². The van der Waals surface area contributed by atoms with Gasteiger partial charge in [-0.2, -0.15) is 0 Å². The average molecular weight is 286 g/mol. The maximum absolute atomic E-state index is 2.32. The van der Waals surface area contributed by atoms with E-state index in [4.69, 9.17) is 0 Å². The molecule has 0 N–H and O–H groups in total. The van der Waals surface area contributed by atoms with E-state index >= 15 is 0 Å². The fourth-order valence-electron chi connectivity index (χ4n) is 2.96. The minimum atomic E-state index is 0.588. The molecule has 3 rings (SSSR count). The first-order valence-corrected chi connectivity index (χ1v) is 8.03. The van der Waals surface area contributed by atoms with Crippen LogP contribution in [0, 0.1) is 0 Å². The van der Waals surface area contributed by atoms with Crippen LogP contribution in [-0.4, -0.2) is 0 Å². The second kappa shape index (κ2) is 7.09. The quantitative estimate of drug-likeness (QED) is 0.532. The lowest BCUT2D eigenvalue weighted by molar-refractivity contribution is 0.680. The summed E-state index contributed by atoms with van der Waals surface area (Å²) in [4.78, 5) is 0. The van der Waals surface area contributed by atoms with E-state index in [1.807, 2.05) is 0 Å². The second-order valence-corrected chi connectivity index (χ2v) is 5.87. The van der Waals surface area contributed by atoms with E-state index in [1.165, 1.54) is 28.7 Å². The van der Waals surface area contributed by atoms with E-state index < -0.39 is 0 Å². The molecule has 0 aromatic heterocycles. The number of rotatable bonds is 5. The van der Waals surface area contributed by atoms with Crippen molar-refractivity contribution in [2.24, 2.45) is 0 Å². The third kappa shape index (κ3) is 3.46. The molecule has 110 valence electrons. The van der Waals surface area contributed by atoms with Gasteiger partial charge in [0.2, 0.25) is 0 Å². The molecule has 0 bridgehead atoms. The molecule has 0 saturated heterocycles. The van der Waals surface area contributed by atoms with Crippen LogP contribution in [0.3, 0.4) is 0 Å². The van der Waals surface area contributed by atoms with Crippen LogP contribution in [-0.2, 0) is 6.42 Å². The highest BCUT2D eigenvalue weighted by Gasteiger charge is 2.08. The largest absolute Gasteiger partial charge is 0.0622 e. The molecule has 22 heavy (non-hydrogen) atoms. The van der Waals surface area contributed by atoms with Gasteiger partial charge in [-0.15, -0.1) is 0 Å². The molecule has 0 aliphatic heterocycles. The zero-order valence-electron chi connectivity index (χ0n) is 13.1. The minimum Gasteiger partial charge on any atom is -0.0622 e. The summed E-state index contributed by atoms with van der Waals surface area (Å²) in [5.41, 5.74) is 5.55. The standard InChI is InChI=1S/C22H22/c1-18(19-10-4-2-5-11-19)16-17-21-14-8-9-15-22(21)20-12-6-3-7-13-20/h2-15,18H,16-17H2,1H3. The second-order valence-electron chi connectivity index (χ2n) is 5.87. The Morgan fingerprint density at radius 1 is 0.682 bits per heavy atom. The zero-order chi connectivity index (χ0) is 15.2. The summed E-state index contributed by atoms with van der Waals surface area (Å²) in [5.74, 6) is 0.588. The summed E-state index contributed by atoms with van der Waals surface area (Å²) < 4.78 is 0. The predicted octanol–water partition coefficient (Wildman–Crippen LogP) is 6.09. The van der Waals surface area contributed by atoms with Crippen molar-refractivity contribution < 1.29 is 0 Å². The first-order chi connectivity index (χ1) is 10.8. The SMILES string of the molecule is CC(CCc1ccccc1-c1ccccc1)c1ccccc1. The van der Waals surface area contributed by atoms with Gasteiger partial charge in [-0.1, -0.05) is 91.9 Å². The molecule has 0 amide bonds. The van der Waals surface area contributed by atoms with E-state index in [2.05, 4.69) is 91.9 Å². The van der Waals surface area contributed by atoms with E-state index in [-0.39, 0.29) is 0 Å². The smallest absolute Gasteiger partial charge is 0.0152 e. The van der Waals surface area contributed by atoms with Gasteiger partial charge < -0.3 is 0 Å². The molecule has 0 heterocycles. The van der Waals surface area contributed by atoms with Crippen LogP contribution in [0.4, 0.5) is 0 Å². The Morgan fingerprint density at radius 3 is 2.00 bits per heavy atom. The highest BCUT2D eigenvalue weighted by atomic mass is 14.1. The molecule has 0 aliphatic rings. The lowest BCUT2D eigenvalue weighted by Crippen LogP contribution is -1.97. The van der Waals surface area contributed by atoms with Crippen LogP contribution in [0.2, 0.25) is 0 Å². The zero-order valence-corrected chi connectivity index (χ0v) is 13.1. The molecular weight excluding hydrogens is 264 g/mol. The molecule has 0 nitrogen and oxygen atoms in total. The third-order valence-electron chi connectivity index (χ3n) is 4.32. The first kappa shape index (κ1) is 14.6. The van der Waals surface area contributed by atoms with Gasteiger partial charge in [0.25, 0.3) is 0 Å². The number of aryl methyl sites for hydroxylation is 1. The average Bonchev–Trinajstić information content (AvgIpc) is 2.61. The van der Waals surface area contributed by atoms with Gasteiger partial charge in [0.15, 0.2) is 0 Å². The molecule has 0 heteroatoms.